The zero-order valence-corrected chi connectivity index (χ0v) is 14.3. The molecule has 0 saturated carbocycles. The summed E-state index contributed by atoms with van der Waals surface area (Å²) in [5.74, 6) is 0.481. The van der Waals surface area contributed by atoms with Gasteiger partial charge < -0.3 is 9.52 Å². The molecule has 1 aliphatic carbocycles. The molecule has 0 bridgehead atoms. The number of hydrogen-bond acceptors (Lipinski definition) is 3. The third kappa shape index (κ3) is 2.23. The van der Waals surface area contributed by atoms with Crippen LogP contribution in [-0.4, -0.2) is 0 Å². The lowest BCUT2D eigenvalue weighted by Crippen LogP contribution is -2.07. The van der Waals surface area contributed by atoms with Crippen molar-refractivity contribution in [3.05, 3.63) is 75.4 Å². The van der Waals surface area contributed by atoms with Gasteiger partial charge in [-0.3, -0.25) is 4.79 Å². The monoisotopic (exact) mass is 329 g/mol. The standard InChI is InChI=1S/C22H18O3/c1-12-6-4-5-7-15(12)20-16-8-10-18(23)13(2)21(16)25-22-14(3)19(24)11-9-17(20)22/h4-11,23H,1-3H3/p-1. The second kappa shape index (κ2) is 5.49. The van der Waals surface area contributed by atoms with E-state index >= 15 is 0 Å². The summed E-state index contributed by atoms with van der Waals surface area (Å²) in [6.07, 6.45) is 0. The van der Waals surface area contributed by atoms with Gasteiger partial charge >= 0.3 is 0 Å². The summed E-state index contributed by atoms with van der Waals surface area (Å²) in [6, 6.07) is 14.9. The van der Waals surface area contributed by atoms with Gasteiger partial charge in [-0.25, -0.2) is 0 Å². The first-order valence-corrected chi connectivity index (χ1v) is 8.22. The van der Waals surface area contributed by atoms with Crippen molar-refractivity contribution in [3.63, 3.8) is 0 Å². The highest BCUT2D eigenvalue weighted by Crippen LogP contribution is 2.43. The average molecular weight is 329 g/mol. The van der Waals surface area contributed by atoms with E-state index in [-0.39, 0.29) is 11.2 Å². The molecule has 2 aromatic rings. The van der Waals surface area contributed by atoms with Crippen LogP contribution in [0.25, 0.3) is 33.4 Å². The lowest BCUT2D eigenvalue weighted by molar-refractivity contribution is -0.269. The number of aryl methyl sites for hydroxylation is 2. The number of hydrogen-bond donors (Lipinski definition) is 0. The van der Waals surface area contributed by atoms with Crippen molar-refractivity contribution < 1.29 is 9.52 Å². The van der Waals surface area contributed by atoms with Gasteiger partial charge in [-0.1, -0.05) is 36.4 Å². The van der Waals surface area contributed by atoms with E-state index in [1.165, 1.54) is 0 Å². The fraction of sp³-hybridized carbons (Fsp3) is 0.136. The number of benzene rings is 3. The molecule has 4 rings (SSSR count). The van der Waals surface area contributed by atoms with E-state index in [0.29, 0.717) is 22.5 Å². The normalized spacial score (nSPS) is 11.3. The summed E-state index contributed by atoms with van der Waals surface area (Å²) in [5, 5.41) is 13.0. The Morgan fingerprint density at radius 2 is 1.60 bits per heavy atom. The third-order valence-corrected chi connectivity index (χ3v) is 4.87. The Labute approximate surface area is 145 Å². The van der Waals surface area contributed by atoms with Crippen molar-refractivity contribution in [1.82, 2.24) is 0 Å². The van der Waals surface area contributed by atoms with Crippen LogP contribution in [-0.2, 0) is 0 Å². The summed E-state index contributed by atoms with van der Waals surface area (Å²) >= 11 is 0. The molecule has 0 unspecified atom stereocenters. The van der Waals surface area contributed by atoms with E-state index in [2.05, 4.69) is 19.1 Å². The first kappa shape index (κ1) is 15.5. The fourth-order valence-corrected chi connectivity index (χ4v) is 3.39. The Morgan fingerprint density at radius 1 is 0.840 bits per heavy atom. The molecule has 124 valence electrons. The predicted molar refractivity (Wildman–Crippen MR) is 98.2 cm³/mol. The maximum Gasteiger partial charge on any atom is 0.185 e. The van der Waals surface area contributed by atoms with E-state index in [4.69, 9.17) is 4.42 Å². The molecule has 0 aromatic heterocycles. The largest absolute Gasteiger partial charge is 0.872 e. The minimum atomic E-state index is -0.0673. The first-order valence-electron chi connectivity index (χ1n) is 8.22. The minimum Gasteiger partial charge on any atom is -0.872 e. The number of fused-ring (bicyclic) bond motifs is 2. The molecule has 0 saturated heterocycles. The van der Waals surface area contributed by atoms with Crippen molar-refractivity contribution in [2.24, 2.45) is 0 Å². The van der Waals surface area contributed by atoms with Crippen molar-refractivity contribution >= 4 is 11.0 Å². The summed E-state index contributed by atoms with van der Waals surface area (Å²) in [5.41, 5.74) is 5.69. The van der Waals surface area contributed by atoms with Gasteiger partial charge in [0.2, 0.25) is 0 Å². The molecule has 0 atom stereocenters. The molecule has 1 heterocycles. The molecule has 0 amide bonds. The molecule has 3 heteroatoms. The van der Waals surface area contributed by atoms with Gasteiger partial charge in [0.05, 0.1) is 0 Å². The third-order valence-electron chi connectivity index (χ3n) is 4.87. The molecule has 3 nitrogen and oxygen atoms in total. The highest BCUT2D eigenvalue weighted by molar-refractivity contribution is 6.04. The van der Waals surface area contributed by atoms with E-state index < -0.39 is 0 Å². The van der Waals surface area contributed by atoms with Crippen molar-refractivity contribution in [1.29, 1.82) is 0 Å². The van der Waals surface area contributed by atoms with E-state index in [1.807, 2.05) is 24.3 Å². The second-order valence-electron chi connectivity index (χ2n) is 6.42. The van der Waals surface area contributed by atoms with E-state index in [0.717, 1.165) is 27.6 Å². The van der Waals surface area contributed by atoms with Crippen LogP contribution >= 0.6 is 0 Å². The molecule has 2 aromatic carbocycles. The van der Waals surface area contributed by atoms with Crippen molar-refractivity contribution in [2.45, 2.75) is 20.8 Å². The summed E-state index contributed by atoms with van der Waals surface area (Å²) in [7, 11) is 0. The maximum absolute atomic E-state index is 12.1. The molecule has 25 heavy (non-hydrogen) atoms. The zero-order chi connectivity index (χ0) is 17.7. The van der Waals surface area contributed by atoms with Gasteiger partial charge in [-0.15, -0.1) is 5.75 Å². The first-order chi connectivity index (χ1) is 12.0. The summed E-state index contributed by atoms with van der Waals surface area (Å²) in [4.78, 5) is 12.1. The van der Waals surface area contributed by atoms with E-state index in [1.54, 1.807) is 26.0 Å². The van der Waals surface area contributed by atoms with E-state index in [9.17, 15) is 9.90 Å². The Morgan fingerprint density at radius 3 is 2.36 bits per heavy atom. The SMILES string of the molecule is Cc1ccccc1-c1c2ccc(=O)c(C)c-2oc2c(C)c([O-])ccc12. The molecular formula is C22H17O3-. The molecule has 2 aliphatic rings. The van der Waals surface area contributed by atoms with Gasteiger partial charge in [0.1, 0.15) is 11.3 Å². The van der Waals surface area contributed by atoms with Gasteiger partial charge in [0.15, 0.2) is 5.43 Å². The molecular weight excluding hydrogens is 312 g/mol. The Kier molecular flexibility index (Phi) is 3.39. The summed E-state index contributed by atoms with van der Waals surface area (Å²) in [6.45, 7) is 5.58. The fourth-order valence-electron chi connectivity index (χ4n) is 3.39. The topological polar surface area (TPSA) is 53.3 Å². The van der Waals surface area contributed by atoms with Crippen LogP contribution in [0.4, 0.5) is 0 Å². The van der Waals surface area contributed by atoms with Crippen molar-refractivity contribution in [3.8, 4) is 28.2 Å². The van der Waals surface area contributed by atoms with Crippen LogP contribution in [0.5, 0.6) is 5.75 Å². The predicted octanol–water partition coefficient (Wildman–Crippen LogP) is 4.56. The Balaban J connectivity index is 2.30. The van der Waals surface area contributed by atoms with Gasteiger partial charge in [0, 0.05) is 22.1 Å². The highest BCUT2D eigenvalue weighted by atomic mass is 16.3. The molecule has 1 aliphatic heterocycles. The van der Waals surface area contributed by atoms with Gasteiger partial charge in [-0.2, -0.15) is 0 Å². The lowest BCUT2D eigenvalue weighted by atomic mass is 9.89. The van der Waals surface area contributed by atoms with Crippen LogP contribution in [0, 0.1) is 20.8 Å². The van der Waals surface area contributed by atoms with Gasteiger partial charge in [0.25, 0.3) is 0 Å². The van der Waals surface area contributed by atoms with Crippen LogP contribution < -0.4 is 10.5 Å². The molecule has 0 spiro atoms. The second-order valence-corrected chi connectivity index (χ2v) is 6.42. The zero-order valence-electron chi connectivity index (χ0n) is 14.3. The lowest BCUT2D eigenvalue weighted by Gasteiger charge is -2.20. The quantitative estimate of drug-likeness (QED) is 0.481. The Bertz CT molecular complexity index is 1150. The Hall–Kier alpha value is -3.07. The molecule has 0 fully saturated rings. The highest BCUT2D eigenvalue weighted by Gasteiger charge is 2.21. The smallest absolute Gasteiger partial charge is 0.185 e. The minimum absolute atomic E-state index is 0.0673. The van der Waals surface area contributed by atoms with Crippen LogP contribution in [0.1, 0.15) is 16.7 Å². The van der Waals surface area contributed by atoms with Crippen LogP contribution in [0.2, 0.25) is 0 Å². The van der Waals surface area contributed by atoms with Crippen LogP contribution in [0.15, 0.2) is 57.7 Å². The molecule has 0 radical (unpaired) electrons. The van der Waals surface area contributed by atoms with Crippen LogP contribution in [0.3, 0.4) is 0 Å². The maximum atomic E-state index is 12.1. The van der Waals surface area contributed by atoms with Gasteiger partial charge in [-0.05, 0) is 49.6 Å². The molecule has 0 N–H and O–H groups in total. The summed E-state index contributed by atoms with van der Waals surface area (Å²) < 4.78 is 6.07. The number of rotatable bonds is 1. The van der Waals surface area contributed by atoms with Crippen molar-refractivity contribution in [2.75, 3.05) is 0 Å². The average Bonchev–Trinajstić information content (AvgIpc) is 2.61.